The number of nitrogens with zero attached hydrogens (tertiary/aromatic N) is 1. The van der Waals surface area contributed by atoms with Crippen LogP contribution in [-0.2, 0) is 6.42 Å². The largest absolute Gasteiger partial charge is 0.362 e. The molecule has 0 aliphatic rings. The van der Waals surface area contributed by atoms with E-state index in [1.54, 1.807) is 24.5 Å². The highest BCUT2D eigenvalue weighted by atomic mass is 35.5. The number of hydrogen-bond acceptors (Lipinski definition) is 2. The van der Waals surface area contributed by atoms with E-state index in [0.29, 0.717) is 12.1 Å². The fourth-order valence-electron chi connectivity index (χ4n) is 1.95. The van der Waals surface area contributed by atoms with Gasteiger partial charge in [0.2, 0.25) is 0 Å². The number of carbonyl (C=O) groups is 1. The molecular weight excluding hydrogens is 262 g/mol. The van der Waals surface area contributed by atoms with Crippen molar-refractivity contribution in [2.45, 2.75) is 20.3 Å². The van der Waals surface area contributed by atoms with E-state index in [1.807, 2.05) is 13.8 Å². The lowest BCUT2D eigenvalue weighted by Crippen LogP contribution is -2.25. The number of halogens is 1. The van der Waals surface area contributed by atoms with Crippen molar-refractivity contribution in [2.24, 2.45) is 0 Å². The third kappa shape index (κ3) is 4.10. The Morgan fingerprint density at radius 2 is 2.21 bits per heavy atom. The van der Waals surface area contributed by atoms with Gasteiger partial charge in [0, 0.05) is 30.3 Å². The summed E-state index contributed by atoms with van der Waals surface area (Å²) in [6.45, 7) is 4.71. The zero-order chi connectivity index (χ0) is 13.0. The maximum Gasteiger partial charge on any atom is 0.252 e. The number of pyridine rings is 1. The molecule has 2 heterocycles. The average molecular weight is 280 g/mol. The number of rotatable bonds is 4. The van der Waals surface area contributed by atoms with Crippen LogP contribution in [0.5, 0.6) is 0 Å². The standard InChI is InChI=1S/C14H17N3O.ClH/c1-10-8-12(11(2)17-10)5-7-16-14(18)13-4-3-6-15-9-13;/h3-4,6,8-9,17H,5,7H2,1-2H3,(H,16,18);1H. The lowest BCUT2D eigenvalue weighted by Gasteiger charge is -2.04. The molecule has 2 aromatic rings. The van der Waals surface area contributed by atoms with Crippen molar-refractivity contribution < 1.29 is 4.79 Å². The normalized spacial score (nSPS) is 9.79. The molecule has 0 aromatic carbocycles. The van der Waals surface area contributed by atoms with Gasteiger partial charge in [0.15, 0.2) is 0 Å². The number of aryl methyl sites for hydroxylation is 2. The van der Waals surface area contributed by atoms with Crippen molar-refractivity contribution in [3.05, 3.63) is 53.1 Å². The first kappa shape index (κ1) is 15.2. The molecule has 0 bridgehead atoms. The maximum absolute atomic E-state index is 11.8. The fourth-order valence-corrected chi connectivity index (χ4v) is 1.95. The minimum Gasteiger partial charge on any atom is -0.362 e. The summed E-state index contributed by atoms with van der Waals surface area (Å²) >= 11 is 0. The third-order valence-electron chi connectivity index (χ3n) is 2.86. The Hall–Kier alpha value is -1.81. The number of nitrogens with one attached hydrogen (secondary N) is 2. The molecule has 0 saturated heterocycles. The smallest absolute Gasteiger partial charge is 0.252 e. The Kier molecular flexibility index (Phi) is 5.57. The van der Waals surface area contributed by atoms with Crippen molar-refractivity contribution >= 4 is 18.3 Å². The molecule has 1 amide bonds. The van der Waals surface area contributed by atoms with Gasteiger partial charge in [0.05, 0.1) is 5.56 Å². The summed E-state index contributed by atoms with van der Waals surface area (Å²) in [5.74, 6) is -0.0759. The predicted octanol–water partition coefficient (Wildman–Crippen LogP) is 2.42. The van der Waals surface area contributed by atoms with Crippen LogP contribution in [0.4, 0.5) is 0 Å². The summed E-state index contributed by atoms with van der Waals surface area (Å²) < 4.78 is 0. The van der Waals surface area contributed by atoms with Crippen LogP contribution in [0.25, 0.3) is 0 Å². The minimum absolute atomic E-state index is 0. The maximum atomic E-state index is 11.8. The highest BCUT2D eigenvalue weighted by Crippen LogP contribution is 2.09. The molecule has 4 nitrogen and oxygen atoms in total. The first-order valence-electron chi connectivity index (χ1n) is 6.00. The van der Waals surface area contributed by atoms with E-state index >= 15 is 0 Å². The lowest BCUT2D eigenvalue weighted by molar-refractivity contribution is 0.0954. The van der Waals surface area contributed by atoms with E-state index in [0.717, 1.165) is 12.1 Å². The van der Waals surface area contributed by atoms with Crippen LogP contribution in [0.1, 0.15) is 27.3 Å². The van der Waals surface area contributed by atoms with Crippen LogP contribution in [-0.4, -0.2) is 22.4 Å². The van der Waals surface area contributed by atoms with E-state index < -0.39 is 0 Å². The van der Waals surface area contributed by atoms with Gasteiger partial charge in [0.25, 0.3) is 5.91 Å². The lowest BCUT2D eigenvalue weighted by atomic mass is 10.2. The van der Waals surface area contributed by atoms with Gasteiger partial charge in [-0.05, 0) is 44.0 Å². The van der Waals surface area contributed by atoms with Gasteiger partial charge in [0.1, 0.15) is 0 Å². The Bertz CT molecular complexity index is 537. The van der Waals surface area contributed by atoms with Crippen molar-refractivity contribution in [3.63, 3.8) is 0 Å². The zero-order valence-corrected chi connectivity index (χ0v) is 11.9. The number of aromatic amines is 1. The molecule has 5 heteroatoms. The van der Waals surface area contributed by atoms with E-state index in [1.165, 1.54) is 11.3 Å². The van der Waals surface area contributed by atoms with Crippen LogP contribution < -0.4 is 5.32 Å². The van der Waals surface area contributed by atoms with Gasteiger partial charge >= 0.3 is 0 Å². The second kappa shape index (κ2) is 6.95. The molecular formula is C14H18ClN3O. The second-order valence-electron chi connectivity index (χ2n) is 4.35. The molecule has 0 saturated carbocycles. The van der Waals surface area contributed by atoms with Gasteiger partial charge in [-0.25, -0.2) is 0 Å². The molecule has 0 aliphatic heterocycles. The third-order valence-corrected chi connectivity index (χ3v) is 2.86. The van der Waals surface area contributed by atoms with Gasteiger partial charge in [-0.1, -0.05) is 0 Å². The molecule has 2 aromatic heterocycles. The molecule has 0 radical (unpaired) electrons. The number of carbonyl (C=O) groups excluding carboxylic acids is 1. The minimum atomic E-state index is -0.0759. The van der Waals surface area contributed by atoms with Crippen LogP contribution >= 0.6 is 12.4 Å². The molecule has 0 unspecified atom stereocenters. The first-order chi connectivity index (χ1) is 8.66. The Morgan fingerprint density at radius 3 is 2.79 bits per heavy atom. The van der Waals surface area contributed by atoms with Crippen molar-refractivity contribution in [3.8, 4) is 0 Å². The van der Waals surface area contributed by atoms with Crippen LogP contribution in [0.2, 0.25) is 0 Å². The Labute approximate surface area is 119 Å². The molecule has 2 rings (SSSR count). The van der Waals surface area contributed by atoms with Crippen LogP contribution in [0, 0.1) is 13.8 Å². The Balaban J connectivity index is 0.00000180. The van der Waals surface area contributed by atoms with E-state index in [2.05, 4.69) is 21.4 Å². The average Bonchev–Trinajstić information content (AvgIpc) is 2.69. The quantitative estimate of drug-likeness (QED) is 0.903. The number of hydrogen-bond donors (Lipinski definition) is 2. The number of amides is 1. The molecule has 0 atom stereocenters. The molecule has 0 fully saturated rings. The summed E-state index contributed by atoms with van der Waals surface area (Å²) in [6.07, 6.45) is 4.06. The van der Waals surface area contributed by atoms with Gasteiger partial charge in [-0.3, -0.25) is 9.78 Å². The highest BCUT2D eigenvalue weighted by molar-refractivity contribution is 5.93. The number of aromatic nitrogens is 2. The molecule has 0 aliphatic carbocycles. The molecule has 0 spiro atoms. The molecule has 19 heavy (non-hydrogen) atoms. The van der Waals surface area contributed by atoms with Gasteiger partial charge in [-0.2, -0.15) is 0 Å². The zero-order valence-electron chi connectivity index (χ0n) is 11.1. The van der Waals surface area contributed by atoms with Crippen molar-refractivity contribution in [1.29, 1.82) is 0 Å². The van der Waals surface area contributed by atoms with Crippen molar-refractivity contribution in [2.75, 3.05) is 6.54 Å². The van der Waals surface area contributed by atoms with E-state index in [9.17, 15) is 4.79 Å². The highest BCUT2D eigenvalue weighted by Gasteiger charge is 2.05. The number of H-pyrrole nitrogens is 1. The van der Waals surface area contributed by atoms with Crippen LogP contribution in [0.15, 0.2) is 30.6 Å². The summed E-state index contributed by atoms with van der Waals surface area (Å²) in [4.78, 5) is 18.9. The van der Waals surface area contributed by atoms with Crippen LogP contribution in [0.3, 0.4) is 0 Å². The molecule has 2 N–H and O–H groups in total. The van der Waals surface area contributed by atoms with E-state index in [-0.39, 0.29) is 18.3 Å². The summed E-state index contributed by atoms with van der Waals surface area (Å²) in [5.41, 5.74) is 4.17. The summed E-state index contributed by atoms with van der Waals surface area (Å²) in [5, 5.41) is 2.89. The summed E-state index contributed by atoms with van der Waals surface area (Å²) in [7, 11) is 0. The summed E-state index contributed by atoms with van der Waals surface area (Å²) in [6, 6.07) is 5.63. The topological polar surface area (TPSA) is 57.8 Å². The van der Waals surface area contributed by atoms with Gasteiger partial charge in [-0.15, -0.1) is 12.4 Å². The monoisotopic (exact) mass is 279 g/mol. The SMILES string of the molecule is Cc1cc(CCNC(=O)c2cccnc2)c(C)[nH]1.Cl. The fraction of sp³-hybridized carbons (Fsp3) is 0.286. The first-order valence-corrected chi connectivity index (χ1v) is 6.00. The second-order valence-corrected chi connectivity index (χ2v) is 4.35. The molecule has 102 valence electrons. The van der Waals surface area contributed by atoms with Gasteiger partial charge < -0.3 is 10.3 Å². The predicted molar refractivity (Wildman–Crippen MR) is 77.8 cm³/mol. The van der Waals surface area contributed by atoms with E-state index in [4.69, 9.17) is 0 Å². The van der Waals surface area contributed by atoms with Crippen molar-refractivity contribution in [1.82, 2.24) is 15.3 Å². The Morgan fingerprint density at radius 1 is 1.42 bits per heavy atom.